The van der Waals surface area contributed by atoms with Crippen molar-refractivity contribution in [2.75, 3.05) is 5.75 Å². The predicted octanol–water partition coefficient (Wildman–Crippen LogP) is 3.26. The predicted molar refractivity (Wildman–Crippen MR) is 64.7 cm³/mol. The quantitative estimate of drug-likeness (QED) is 0.400. The van der Waals surface area contributed by atoms with Crippen LogP contribution in [0.1, 0.15) is 39.0 Å². The molecule has 1 fully saturated rings. The number of carbonyl (C=O) groups excluding carboxylic acids is 1. The first kappa shape index (κ1) is 11.3. The summed E-state index contributed by atoms with van der Waals surface area (Å²) in [5, 5.41) is 0.844. The van der Waals surface area contributed by atoms with E-state index in [-0.39, 0.29) is 0 Å². The molecule has 0 bridgehead atoms. The van der Waals surface area contributed by atoms with Gasteiger partial charge in [-0.15, -0.1) is 20.3 Å². The summed E-state index contributed by atoms with van der Waals surface area (Å²) in [6.07, 6.45) is 5.69. The van der Waals surface area contributed by atoms with Crippen molar-refractivity contribution >= 4 is 32.0 Å². The number of rotatable bonds is 5. The molecule has 1 heterocycles. The first-order chi connectivity index (χ1) is 6.20. The number of hydrogen-bond acceptors (Lipinski definition) is 2. The van der Waals surface area contributed by atoms with Gasteiger partial charge in [-0.2, -0.15) is 0 Å². The van der Waals surface area contributed by atoms with Crippen LogP contribution in [0.3, 0.4) is 0 Å². The lowest BCUT2D eigenvalue weighted by Crippen LogP contribution is -1.99. The molecule has 13 heavy (non-hydrogen) atoms. The van der Waals surface area contributed by atoms with Crippen LogP contribution in [0.2, 0.25) is 0 Å². The summed E-state index contributed by atoms with van der Waals surface area (Å²) in [7, 11) is 2.38. The lowest BCUT2D eigenvalue weighted by Gasteiger charge is -2.09. The summed E-state index contributed by atoms with van der Waals surface area (Å²) in [4.78, 5) is 10.7. The topological polar surface area (TPSA) is 17.1 Å². The van der Waals surface area contributed by atoms with Crippen LogP contribution in [0.5, 0.6) is 0 Å². The monoisotopic (exact) mass is 218 g/mol. The Hall–Kier alpha value is 0.240. The number of carbonyl (C=O) groups is 1. The second-order valence-corrected chi connectivity index (χ2v) is 7.62. The van der Waals surface area contributed by atoms with Gasteiger partial charge in [0.1, 0.15) is 5.78 Å². The minimum Gasteiger partial charge on any atom is -0.300 e. The Kier molecular flexibility index (Phi) is 5.10. The fraction of sp³-hybridized carbons (Fsp3) is 0.800. The van der Waals surface area contributed by atoms with Gasteiger partial charge in [0.15, 0.2) is 0 Å². The van der Waals surface area contributed by atoms with Crippen molar-refractivity contribution in [1.29, 1.82) is 0 Å². The molecule has 0 N–H and O–H groups in total. The Labute approximate surface area is 87.0 Å². The molecule has 0 amide bonds. The van der Waals surface area contributed by atoms with Crippen molar-refractivity contribution in [3.8, 4) is 0 Å². The molecule has 1 rings (SSSR count). The van der Waals surface area contributed by atoms with Crippen molar-refractivity contribution in [3.63, 3.8) is 0 Å². The van der Waals surface area contributed by atoms with Gasteiger partial charge in [0.2, 0.25) is 0 Å². The third kappa shape index (κ3) is 4.32. The summed E-state index contributed by atoms with van der Waals surface area (Å²) in [5.41, 5.74) is 0. The molecule has 1 aliphatic rings. The smallest absolute Gasteiger partial charge is 0.129 e. The highest BCUT2D eigenvalue weighted by Gasteiger charge is 2.17. The normalized spacial score (nSPS) is 27.8. The van der Waals surface area contributed by atoms with Crippen molar-refractivity contribution in [2.45, 2.75) is 44.3 Å². The highest BCUT2D eigenvalue weighted by molar-refractivity contribution is 8.83. The van der Waals surface area contributed by atoms with E-state index in [1.807, 2.05) is 10.8 Å². The van der Waals surface area contributed by atoms with E-state index in [0.717, 1.165) is 18.1 Å². The van der Waals surface area contributed by atoms with Gasteiger partial charge < -0.3 is 4.79 Å². The van der Waals surface area contributed by atoms with Gasteiger partial charge in [0.05, 0.1) is 0 Å². The van der Waals surface area contributed by atoms with E-state index in [2.05, 4.69) is 5.87 Å². The fourth-order valence-electron chi connectivity index (χ4n) is 1.54. The molecule has 1 nitrogen and oxygen atoms in total. The van der Waals surface area contributed by atoms with Crippen LogP contribution in [0, 0.1) is 0 Å². The summed E-state index contributed by atoms with van der Waals surface area (Å²) in [6.45, 7) is 1.68. The van der Waals surface area contributed by atoms with Gasteiger partial charge in [-0.3, -0.25) is 0 Å². The third-order valence-corrected chi connectivity index (χ3v) is 6.50. The number of hydrogen-bond donors (Lipinski definition) is 0. The van der Waals surface area contributed by atoms with Crippen LogP contribution in [0.25, 0.3) is 0 Å². The Morgan fingerprint density at radius 2 is 2.38 bits per heavy atom. The van der Waals surface area contributed by atoms with Gasteiger partial charge in [0.25, 0.3) is 0 Å². The van der Waals surface area contributed by atoms with Crippen molar-refractivity contribution in [1.82, 2.24) is 0 Å². The highest BCUT2D eigenvalue weighted by Crippen LogP contribution is 2.45. The maximum atomic E-state index is 10.7. The summed E-state index contributed by atoms with van der Waals surface area (Å²) < 4.78 is 0. The Morgan fingerprint density at radius 1 is 1.62 bits per heavy atom. The lowest BCUT2D eigenvalue weighted by atomic mass is 10.1. The van der Waals surface area contributed by atoms with Crippen molar-refractivity contribution in [3.05, 3.63) is 0 Å². The first-order valence-corrected chi connectivity index (χ1v) is 7.81. The highest BCUT2D eigenvalue weighted by atomic mass is 33.1. The van der Waals surface area contributed by atoms with Crippen LogP contribution in [-0.2, 0) is 4.79 Å². The zero-order valence-electron chi connectivity index (χ0n) is 8.25. The van der Waals surface area contributed by atoms with Gasteiger partial charge in [-0.25, -0.2) is 0 Å². The van der Waals surface area contributed by atoms with Crippen LogP contribution < -0.4 is 0 Å². The molecule has 1 saturated heterocycles. The number of Topliss-reactive ketones (excluding diaryl/α,β-unsaturated/α-hetero) is 1. The molecule has 0 spiro atoms. The van der Waals surface area contributed by atoms with Gasteiger partial charge in [-0.05, 0) is 26.2 Å². The van der Waals surface area contributed by atoms with E-state index >= 15 is 0 Å². The zero-order chi connectivity index (χ0) is 9.68. The van der Waals surface area contributed by atoms with E-state index in [9.17, 15) is 4.79 Å². The van der Waals surface area contributed by atoms with E-state index in [1.165, 1.54) is 25.0 Å². The fourth-order valence-corrected chi connectivity index (χ4v) is 5.37. The van der Waals surface area contributed by atoms with Crippen LogP contribution >= 0.6 is 20.3 Å². The summed E-state index contributed by atoms with van der Waals surface area (Å²) in [6, 6.07) is 0. The average Bonchev–Trinajstić information content (AvgIpc) is 2.45. The number of ketones is 1. The first-order valence-electron chi connectivity index (χ1n) is 4.85. The van der Waals surface area contributed by atoms with Gasteiger partial charge in [0, 0.05) is 17.4 Å². The molecule has 0 aliphatic carbocycles. The molecule has 0 saturated carbocycles. The van der Waals surface area contributed by atoms with E-state index in [4.69, 9.17) is 0 Å². The molecule has 2 unspecified atom stereocenters. The summed E-state index contributed by atoms with van der Waals surface area (Å²) in [5.74, 6) is 5.78. The molecule has 0 aromatic heterocycles. The molecule has 3 heteroatoms. The Morgan fingerprint density at radius 3 is 2.92 bits per heavy atom. The largest absolute Gasteiger partial charge is 0.300 e. The standard InChI is InChI=1S/C10H18OS2/c1-9(11)5-3-4-6-10-7-8-12-13(10)2/h10H,2-8H2,1H3. The molecule has 76 valence electrons. The second kappa shape index (κ2) is 5.86. The maximum Gasteiger partial charge on any atom is 0.129 e. The minimum atomic E-state index is 0.328. The second-order valence-electron chi connectivity index (χ2n) is 3.56. The molecular weight excluding hydrogens is 200 g/mol. The molecular formula is C10H18OS2. The van der Waals surface area contributed by atoms with E-state index in [0.29, 0.717) is 15.3 Å². The van der Waals surface area contributed by atoms with Crippen LogP contribution in [-0.4, -0.2) is 22.7 Å². The molecule has 0 aromatic rings. The molecule has 0 aromatic carbocycles. The molecule has 1 aliphatic heterocycles. The average molecular weight is 218 g/mol. The van der Waals surface area contributed by atoms with E-state index < -0.39 is 0 Å². The lowest BCUT2D eigenvalue weighted by molar-refractivity contribution is -0.117. The molecule has 0 radical (unpaired) electrons. The van der Waals surface area contributed by atoms with Crippen molar-refractivity contribution in [2.24, 2.45) is 0 Å². The summed E-state index contributed by atoms with van der Waals surface area (Å²) >= 11 is 0. The minimum absolute atomic E-state index is 0.328. The maximum absolute atomic E-state index is 10.7. The van der Waals surface area contributed by atoms with Gasteiger partial charge >= 0.3 is 0 Å². The molecule has 2 atom stereocenters. The number of unbranched alkanes of at least 4 members (excludes halogenated alkanes) is 1. The Balaban J connectivity index is 2.05. The third-order valence-electron chi connectivity index (χ3n) is 2.35. The Bertz CT molecular complexity index is 201. The van der Waals surface area contributed by atoms with E-state index in [1.54, 1.807) is 6.92 Å². The zero-order valence-corrected chi connectivity index (χ0v) is 9.88. The van der Waals surface area contributed by atoms with Crippen LogP contribution in [0.4, 0.5) is 0 Å². The van der Waals surface area contributed by atoms with Gasteiger partial charge in [-0.1, -0.05) is 12.3 Å². The SMILES string of the molecule is C=S1SCCC1CCCCC(C)=O. The van der Waals surface area contributed by atoms with Crippen molar-refractivity contribution < 1.29 is 4.79 Å². The van der Waals surface area contributed by atoms with Crippen LogP contribution in [0.15, 0.2) is 0 Å².